The van der Waals surface area contributed by atoms with Gasteiger partial charge in [-0.05, 0) is 36.3 Å². The predicted molar refractivity (Wildman–Crippen MR) is 99.0 cm³/mol. The lowest BCUT2D eigenvalue weighted by Gasteiger charge is -2.30. The first-order chi connectivity index (χ1) is 11.7. The van der Waals surface area contributed by atoms with Gasteiger partial charge in [-0.15, -0.1) is 0 Å². The van der Waals surface area contributed by atoms with Crippen molar-refractivity contribution in [1.29, 1.82) is 0 Å². The Hall–Kier alpha value is -2.39. The Balaban J connectivity index is 1.65. The fraction of sp³-hybridized carbons (Fsp3) is 0.286. The van der Waals surface area contributed by atoms with E-state index in [1.165, 1.54) is 16.0 Å². The number of hydrogen-bond acceptors (Lipinski definition) is 1. The molecule has 1 aliphatic heterocycles. The van der Waals surface area contributed by atoms with E-state index in [-0.39, 0.29) is 11.9 Å². The second kappa shape index (κ2) is 7.45. The van der Waals surface area contributed by atoms with Crippen molar-refractivity contribution in [3.05, 3.63) is 72.3 Å². The molecule has 3 rings (SSSR count). The van der Waals surface area contributed by atoms with Crippen molar-refractivity contribution in [3.8, 4) is 0 Å². The fourth-order valence-corrected chi connectivity index (χ4v) is 3.31. The highest BCUT2D eigenvalue weighted by Gasteiger charge is 2.29. The van der Waals surface area contributed by atoms with Crippen LogP contribution >= 0.6 is 0 Å². The summed E-state index contributed by atoms with van der Waals surface area (Å²) in [6.07, 6.45) is 3.31. The van der Waals surface area contributed by atoms with E-state index in [1.54, 1.807) is 4.90 Å². The van der Waals surface area contributed by atoms with E-state index in [1.807, 2.05) is 50.4 Å². The molecule has 2 aromatic rings. The zero-order chi connectivity index (χ0) is 16.9. The molecular formula is C21H25N2O+. The van der Waals surface area contributed by atoms with Crippen LogP contribution in [0.25, 0.3) is 5.57 Å². The molecule has 0 aliphatic carbocycles. The third-order valence-corrected chi connectivity index (χ3v) is 4.93. The van der Waals surface area contributed by atoms with Crippen molar-refractivity contribution in [2.75, 3.05) is 25.0 Å². The number of quaternary nitrogens is 1. The second-order valence-electron chi connectivity index (χ2n) is 6.41. The highest BCUT2D eigenvalue weighted by Crippen LogP contribution is 2.18. The first kappa shape index (κ1) is 16.5. The summed E-state index contributed by atoms with van der Waals surface area (Å²) in [6, 6.07) is 20.3. The van der Waals surface area contributed by atoms with Gasteiger partial charge in [0.15, 0.2) is 6.04 Å². The normalized spacial score (nSPS) is 18.6. The molecule has 0 saturated carbocycles. The molecule has 0 bridgehead atoms. The van der Waals surface area contributed by atoms with Crippen molar-refractivity contribution in [2.45, 2.75) is 19.4 Å². The van der Waals surface area contributed by atoms with Crippen LogP contribution < -0.4 is 9.80 Å². The highest BCUT2D eigenvalue weighted by molar-refractivity contribution is 5.95. The SMILES string of the molecule is C[C@H](C(=O)N(C)c1ccccc1)[NH+]1CC=C(c2ccccc2)CC1. The largest absolute Gasteiger partial charge is 0.321 e. The van der Waals surface area contributed by atoms with Gasteiger partial charge in [-0.25, -0.2) is 0 Å². The number of nitrogens with zero attached hydrogens (tertiary/aromatic N) is 1. The maximum Gasteiger partial charge on any atom is 0.284 e. The van der Waals surface area contributed by atoms with Gasteiger partial charge in [0, 0.05) is 19.2 Å². The van der Waals surface area contributed by atoms with E-state index < -0.39 is 0 Å². The summed E-state index contributed by atoms with van der Waals surface area (Å²) in [5.41, 5.74) is 3.65. The van der Waals surface area contributed by atoms with Crippen molar-refractivity contribution in [2.24, 2.45) is 0 Å². The highest BCUT2D eigenvalue weighted by atomic mass is 16.2. The first-order valence-electron chi connectivity index (χ1n) is 8.58. The van der Waals surface area contributed by atoms with Gasteiger partial charge in [-0.2, -0.15) is 0 Å². The Morgan fingerprint density at radius 1 is 1.04 bits per heavy atom. The smallest absolute Gasteiger partial charge is 0.284 e. The van der Waals surface area contributed by atoms with Crippen LogP contribution in [0.1, 0.15) is 18.9 Å². The number of anilines is 1. The zero-order valence-corrected chi connectivity index (χ0v) is 14.4. The third kappa shape index (κ3) is 3.57. The predicted octanol–water partition coefficient (Wildman–Crippen LogP) is 2.41. The standard InChI is InChI=1S/C21H24N2O/c1-17(21(24)22(2)20-11-7-4-8-12-20)23-15-13-19(14-16-23)18-9-5-3-6-10-18/h3-13,17H,14-16H2,1-2H3/p+1/t17-/m1/s1. The van der Waals surface area contributed by atoms with Gasteiger partial charge < -0.3 is 9.80 Å². The summed E-state index contributed by atoms with van der Waals surface area (Å²) >= 11 is 0. The molecule has 24 heavy (non-hydrogen) atoms. The number of para-hydroxylation sites is 1. The average Bonchev–Trinajstić information content (AvgIpc) is 2.68. The lowest BCUT2D eigenvalue weighted by atomic mass is 9.99. The molecule has 124 valence electrons. The Kier molecular flexibility index (Phi) is 5.11. The Morgan fingerprint density at radius 3 is 2.25 bits per heavy atom. The van der Waals surface area contributed by atoms with Crippen LogP contribution in [-0.4, -0.2) is 32.1 Å². The lowest BCUT2D eigenvalue weighted by Crippen LogP contribution is -3.17. The molecule has 0 spiro atoms. The van der Waals surface area contributed by atoms with Gasteiger partial charge >= 0.3 is 0 Å². The van der Waals surface area contributed by atoms with E-state index in [2.05, 4.69) is 30.3 Å². The van der Waals surface area contributed by atoms with E-state index in [9.17, 15) is 4.79 Å². The van der Waals surface area contributed by atoms with Gasteiger partial charge in [-0.1, -0.05) is 48.5 Å². The van der Waals surface area contributed by atoms with Crippen LogP contribution in [0.4, 0.5) is 5.69 Å². The van der Waals surface area contributed by atoms with Gasteiger partial charge in [-0.3, -0.25) is 4.79 Å². The lowest BCUT2D eigenvalue weighted by molar-refractivity contribution is -0.909. The third-order valence-electron chi connectivity index (χ3n) is 4.93. The first-order valence-corrected chi connectivity index (χ1v) is 8.58. The molecule has 0 radical (unpaired) electrons. The molecular weight excluding hydrogens is 296 g/mol. The zero-order valence-electron chi connectivity index (χ0n) is 14.4. The van der Waals surface area contributed by atoms with Crippen molar-refractivity contribution in [3.63, 3.8) is 0 Å². The Bertz CT molecular complexity index is 709. The quantitative estimate of drug-likeness (QED) is 0.919. The minimum absolute atomic E-state index is 0.0382. The molecule has 1 heterocycles. The number of likely N-dealkylation sites (N-methyl/N-ethyl adjacent to an activating group) is 1. The van der Waals surface area contributed by atoms with Gasteiger partial charge in [0.1, 0.15) is 0 Å². The minimum Gasteiger partial charge on any atom is -0.321 e. The van der Waals surface area contributed by atoms with E-state index in [0.717, 1.165) is 25.2 Å². The summed E-state index contributed by atoms with van der Waals surface area (Å²) in [7, 11) is 1.86. The molecule has 2 aromatic carbocycles. The van der Waals surface area contributed by atoms with E-state index in [0.29, 0.717) is 0 Å². The number of carbonyl (C=O) groups is 1. The summed E-state index contributed by atoms with van der Waals surface area (Å²) in [6.45, 7) is 3.94. The number of rotatable bonds is 4. The molecule has 1 aliphatic rings. The molecule has 2 atom stereocenters. The minimum atomic E-state index is -0.0382. The van der Waals surface area contributed by atoms with E-state index >= 15 is 0 Å². The molecule has 1 N–H and O–H groups in total. The van der Waals surface area contributed by atoms with Gasteiger partial charge in [0.05, 0.1) is 13.1 Å². The molecule has 0 fully saturated rings. The molecule has 3 heteroatoms. The van der Waals surface area contributed by atoms with Crippen LogP contribution in [0.2, 0.25) is 0 Å². The molecule has 0 aromatic heterocycles. The van der Waals surface area contributed by atoms with Gasteiger partial charge in [0.2, 0.25) is 0 Å². The van der Waals surface area contributed by atoms with Crippen LogP contribution in [0, 0.1) is 0 Å². The number of amides is 1. The fourth-order valence-electron chi connectivity index (χ4n) is 3.31. The van der Waals surface area contributed by atoms with Crippen molar-refractivity contribution < 1.29 is 9.69 Å². The second-order valence-corrected chi connectivity index (χ2v) is 6.41. The average molecular weight is 321 g/mol. The monoisotopic (exact) mass is 321 g/mol. The number of hydrogen-bond donors (Lipinski definition) is 1. The number of nitrogens with one attached hydrogen (secondary N) is 1. The van der Waals surface area contributed by atoms with E-state index in [4.69, 9.17) is 0 Å². The van der Waals surface area contributed by atoms with Gasteiger partial charge in [0.25, 0.3) is 5.91 Å². The van der Waals surface area contributed by atoms with Crippen LogP contribution in [-0.2, 0) is 4.79 Å². The van der Waals surface area contributed by atoms with Crippen LogP contribution in [0.3, 0.4) is 0 Å². The molecule has 1 amide bonds. The summed E-state index contributed by atoms with van der Waals surface area (Å²) in [5.74, 6) is 0.174. The number of carbonyl (C=O) groups excluding carboxylic acids is 1. The molecule has 1 unspecified atom stereocenters. The number of benzene rings is 2. The summed E-state index contributed by atoms with van der Waals surface area (Å²) in [5, 5.41) is 0. The molecule has 3 nitrogen and oxygen atoms in total. The Morgan fingerprint density at radius 2 is 1.67 bits per heavy atom. The maximum absolute atomic E-state index is 12.8. The van der Waals surface area contributed by atoms with Crippen molar-refractivity contribution >= 4 is 17.2 Å². The maximum atomic E-state index is 12.8. The molecule has 0 saturated heterocycles. The topological polar surface area (TPSA) is 24.8 Å². The van der Waals surface area contributed by atoms with Crippen molar-refractivity contribution in [1.82, 2.24) is 0 Å². The van der Waals surface area contributed by atoms with Crippen LogP contribution in [0.5, 0.6) is 0 Å². The Labute approximate surface area is 144 Å². The van der Waals surface area contributed by atoms with Crippen LogP contribution in [0.15, 0.2) is 66.7 Å². The summed E-state index contributed by atoms with van der Waals surface area (Å²) < 4.78 is 0. The summed E-state index contributed by atoms with van der Waals surface area (Å²) in [4.78, 5) is 15.9.